The van der Waals surface area contributed by atoms with Crippen molar-refractivity contribution in [1.82, 2.24) is 4.90 Å². The van der Waals surface area contributed by atoms with Crippen LogP contribution >= 0.6 is 0 Å². The number of nitrogens with zero attached hydrogens (tertiary/aromatic N) is 1. The van der Waals surface area contributed by atoms with Gasteiger partial charge in [0.05, 0.1) is 0 Å². The van der Waals surface area contributed by atoms with Crippen molar-refractivity contribution in [1.29, 1.82) is 0 Å². The van der Waals surface area contributed by atoms with Crippen LogP contribution in [0.2, 0.25) is 0 Å². The van der Waals surface area contributed by atoms with Crippen LogP contribution in [0.4, 0.5) is 0 Å². The second-order valence-electron chi connectivity index (χ2n) is 5.15. The fourth-order valence-corrected chi connectivity index (χ4v) is 3.58. The first-order valence-corrected chi connectivity index (χ1v) is 6.23. The largest absolute Gasteiger partial charge is 0.330 e. The Balaban J connectivity index is 2.02. The van der Waals surface area contributed by atoms with Crippen molar-refractivity contribution < 1.29 is 0 Å². The molecule has 0 aromatic rings. The average Bonchev–Trinajstić information content (AvgIpc) is 2.70. The van der Waals surface area contributed by atoms with Crippen molar-refractivity contribution >= 4 is 0 Å². The summed E-state index contributed by atoms with van der Waals surface area (Å²) in [5.41, 5.74) is 5.90. The molecule has 2 fully saturated rings. The van der Waals surface area contributed by atoms with Gasteiger partial charge in [0.1, 0.15) is 0 Å². The summed E-state index contributed by atoms with van der Waals surface area (Å²) >= 11 is 0. The van der Waals surface area contributed by atoms with Crippen molar-refractivity contribution in [2.24, 2.45) is 17.6 Å². The third kappa shape index (κ3) is 1.96. The molecule has 82 valence electrons. The fraction of sp³-hybridized carbons (Fsp3) is 1.00. The Labute approximate surface area is 87.8 Å². The molecule has 2 nitrogen and oxygen atoms in total. The van der Waals surface area contributed by atoms with E-state index in [-0.39, 0.29) is 0 Å². The molecule has 0 aromatic heterocycles. The van der Waals surface area contributed by atoms with Gasteiger partial charge in [-0.25, -0.2) is 0 Å². The fourth-order valence-electron chi connectivity index (χ4n) is 3.58. The highest BCUT2D eigenvalue weighted by atomic mass is 15.1. The predicted octanol–water partition coefficient (Wildman–Crippen LogP) is 1.85. The highest BCUT2D eigenvalue weighted by Crippen LogP contribution is 2.36. The van der Waals surface area contributed by atoms with E-state index in [9.17, 15) is 0 Å². The molecule has 1 aliphatic heterocycles. The van der Waals surface area contributed by atoms with Gasteiger partial charge in [-0.05, 0) is 57.7 Å². The Kier molecular flexibility index (Phi) is 3.45. The Morgan fingerprint density at radius 2 is 1.86 bits per heavy atom. The predicted molar refractivity (Wildman–Crippen MR) is 60.2 cm³/mol. The molecule has 0 aromatic carbocycles. The number of likely N-dealkylation sites (tertiary alicyclic amines) is 1. The van der Waals surface area contributed by atoms with Gasteiger partial charge in [-0.15, -0.1) is 0 Å². The van der Waals surface area contributed by atoms with Crippen molar-refractivity contribution in [3.63, 3.8) is 0 Å². The Morgan fingerprint density at radius 3 is 2.50 bits per heavy atom. The first-order valence-electron chi connectivity index (χ1n) is 6.23. The van der Waals surface area contributed by atoms with Crippen LogP contribution in [0.5, 0.6) is 0 Å². The topological polar surface area (TPSA) is 29.3 Å². The van der Waals surface area contributed by atoms with Gasteiger partial charge in [-0.1, -0.05) is 12.8 Å². The molecule has 0 bridgehead atoms. The first kappa shape index (κ1) is 10.4. The molecular formula is C12H24N2. The van der Waals surface area contributed by atoms with E-state index in [4.69, 9.17) is 5.73 Å². The van der Waals surface area contributed by atoms with Gasteiger partial charge in [-0.2, -0.15) is 0 Å². The third-order valence-corrected chi connectivity index (χ3v) is 4.26. The van der Waals surface area contributed by atoms with Gasteiger partial charge in [0.25, 0.3) is 0 Å². The van der Waals surface area contributed by atoms with Crippen LogP contribution < -0.4 is 5.73 Å². The van der Waals surface area contributed by atoms with Crippen LogP contribution in [0.25, 0.3) is 0 Å². The van der Waals surface area contributed by atoms with Crippen molar-refractivity contribution in [2.45, 2.75) is 44.6 Å². The molecule has 1 saturated carbocycles. The van der Waals surface area contributed by atoms with Gasteiger partial charge in [0, 0.05) is 6.04 Å². The van der Waals surface area contributed by atoms with Gasteiger partial charge >= 0.3 is 0 Å². The van der Waals surface area contributed by atoms with Crippen LogP contribution in [-0.2, 0) is 0 Å². The maximum atomic E-state index is 5.90. The van der Waals surface area contributed by atoms with Crippen molar-refractivity contribution in [3.05, 3.63) is 0 Å². The SMILES string of the molecule is CN1CCC[C@H](CN)[C@H]1C1CCCC1. The van der Waals surface area contributed by atoms with E-state index < -0.39 is 0 Å². The van der Waals surface area contributed by atoms with E-state index >= 15 is 0 Å². The van der Waals surface area contributed by atoms with E-state index in [0.717, 1.165) is 24.4 Å². The maximum Gasteiger partial charge on any atom is 0.0161 e. The zero-order chi connectivity index (χ0) is 9.97. The van der Waals surface area contributed by atoms with Crippen LogP contribution in [0.3, 0.4) is 0 Å². The molecule has 2 N–H and O–H groups in total. The highest BCUT2D eigenvalue weighted by molar-refractivity contribution is 4.90. The summed E-state index contributed by atoms with van der Waals surface area (Å²) in [4.78, 5) is 2.58. The summed E-state index contributed by atoms with van der Waals surface area (Å²) in [6.45, 7) is 2.18. The highest BCUT2D eigenvalue weighted by Gasteiger charge is 2.35. The molecule has 1 aliphatic carbocycles. The molecule has 14 heavy (non-hydrogen) atoms. The minimum absolute atomic E-state index is 0.775. The number of hydrogen-bond donors (Lipinski definition) is 1. The lowest BCUT2D eigenvalue weighted by molar-refractivity contribution is 0.0772. The monoisotopic (exact) mass is 196 g/mol. The zero-order valence-corrected chi connectivity index (χ0v) is 9.41. The lowest BCUT2D eigenvalue weighted by atomic mass is 9.81. The Hall–Kier alpha value is -0.0800. The molecule has 0 spiro atoms. The minimum atomic E-state index is 0.775. The van der Waals surface area contributed by atoms with Crippen molar-refractivity contribution in [2.75, 3.05) is 20.1 Å². The minimum Gasteiger partial charge on any atom is -0.330 e. The quantitative estimate of drug-likeness (QED) is 0.730. The standard InChI is InChI=1S/C12H24N2/c1-14-8-4-7-11(9-13)12(14)10-5-2-3-6-10/h10-12H,2-9,13H2,1H3/t11-,12-/m1/s1. The Morgan fingerprint density at radius 1 is 1.14 bits per heavy atom. The van der Waals surface area contributed by atoms with E-state index in [1.165, 1.54) is 45.1 Å². The molecule has 0 amide bonds. The lowest BCUT2D eigenvalue weighted by Gasteiger charge is -2.42. The molecule has 2 rings (SSSR count). The summed E-state index contributed by atoms with van der Waals surface area (Å²) in [7, 11) is 2.30. The van der Waals surface area contributed by atoms with Gasteiger partial charge in [-0.3, -0.25) is 0 Å². The first-order chi connectivity index (χ1) is 6.83. The van der Waals surface area contributed by atoms with Crippen LogP contribution in [-0.4, -0.2) is 31.1 Å². The summed E-state index contributed by atoms with van der Waals surface area (Å²) in [5, 5.41) is 0. The van der Waals surface area contributed by atoms with Crippen molar-refractivity contribution in [3.8, 4) is 0 Å². The number of rotatable bonds is 2. The van der Waals surface area contributed by atoms with Gasteiger partial charge in [0.15, 0.2) is 0 Å². The van der Waals surface area contributed by atoms with Gasteiger partial charge in [0.2, 0.25) is 0 Å². The van der Waals surface area contributed by atoms with E-state index in [2.05, 4.69) is 11.9 Å². The molecule has 0 unspecified atom stereocenters. The Bertz CT molecular complexity index is 173. The summed E-state index contributed by atoms with van der Waals surface area (Å²) in [6, 6.07) is 0.802. The van der Waals surface area contributed by atoms with E-state index in [0.29, 0.717) is 0 Å². The van der Waals surface area contributed by atoms with Crippen LogP contribution in [0.1, 0.15) is 38.5 Å². The molecule has 1 saturated heterocycles. The van der Waals surface area contributed by atoms with E-state index in [1.807, 2.05) is 0 Å². The molecule has 1 heterocycles. The maximum absolute atomic E-state index is 5.90. The molecule has 0 radical (unpaired) electrons. The summed E-state index contributed by atoms with van der Waals surface area (Å²) < 4.78 is 0. The number of piperidine rings is 1. The molecule has 2 aliphatic rings. The second-order valence-corrected chi connectivity index (χ2v) is 5.15. The lowest BCUT2D eigenvalue weighted by Crippen LogP contribution is -2.49. The molecular weight excluding hydrogens is 172 g/mol. The second kappa shape index (κ2) is 4.63. The molecule has 2 atom stereocenters. The smallest absolute Gasteiger partial charge is 0.0161 e. The zero-order valence-electron chi connectivity index (χ0n) is 9.41. The molecule has 2 heteroatoms. The number of nitrogens with two attached hydrogens (primary N) is 1. The summed E-state index contributed by atoms with van der Waals surface area (Å²) in [5.74, 6) is 1.73. The average molecular weight is 196 g/mol. The van der Waals surface area contributed by atoms with Crippen LogP contribution in [0, 0.1) is 11.8 Å². The third-order valence-electron chi connectivity index (χ3n) is 4.26. The van der Waals surface area contributed by atoms with Crippen LogP contribution in [0.15, 0.2) is 0 Å². The number of hydrogen-bond acceptors (Lipinski definition) is 2. The normalized spacial score (nSPS) is 36.4. The van der Waals surface area contributed by atoms with E-state index in [1.54, 1.807) is 0 Å². The summed E-state index contributed by atoms with van der Waals surface area (Å²) in [6.07, 6.45) is 8.51. The van der Waals surface area contributed by atoms with Gasteiger partial charge < -0.3 is 10.6 Å².